The molecule has 5 rings (SSSR count). The van der Waals surface area contributed by atoms with E-state index >= 15 is 0 Å². The average Bonchev–Trinajstić information content (AvgIpc) is 3.30. The third-order valence-electron chi connectivity index (χ3n) is 5.39. The van der Waals surface area contributed by atoms with Crippen LogP contribution >= 0.6 is 23.4 Å². The van der Waals surface area contributed by atoms with Crippen LogP contribution in [0.25, 0.3) is 23.1 Å². The summed E-state index contributed by atoms with van der Waals surface area (Å²) < 4.78 is 0. The first-order chi connectivity index (χ1) is 17.2. The van der Waals surface area contributed by atoms with Crippen molar-refractivity contribution in [1.82, 2.24) is 20.5 Å². The highest BCUT2D eigenvalue weighted by molar-refractivity contribution is 7.99. The van der Waals surface area contributed by atoms with E-state index in [4.69, 9.17) is 11.6 Å². The molecule has 0 aliphatic rings. The average molecular weight is 497 g/mol. The zero-order chi connectivity index (χ0) is 24.0. The van der Waals surface area contributed by atoms with Crippen LogP contribution in [0.4, 0.5) is 0 Å². The minimum atomic E-state index is -0.118. The molecule has 0 atom stereocenters. The van der Waals surface area contributed by atoms with E-state index in [-0.39, 0.29) is 5.91 Å². The van der Waals surface area contributed by atoms with Crippen LogP contribution in [-0.4, -0.2) is 21.1 Å². The molecule has 2 aromatic heterocycles. The van der Waals surface area contributed by atoms with Gasteiger partial charge >= 0.3 is 0 Å². The summed E-state index contributed by atoms with van der Waals surface area (Å²) in [7, 11) is 0. The van der Waals surface area contributed by atoms with Gasteiger partial charge < -0.3 is 5.32 Å². The van der Waals surface area contributed by atoms with Crippen LogP contribution in [0.15, 0.2) is 101 Å². The number of aromatic amines is 1. The van der Waals surface area contributed by atoms with Crippen molar-refractivity contribution >= 4 is 52.3 Å². The molecule has 0 unspecified atom stereocenters. The third kappa shape index (κ3) is 5.62. The molecule has 2 heterocycles. The van der Waals surface area contributed by atoms with E-state index < -0.39 is 0 Å². The summed E-state index contributed by atoms with van der Waals surface area (Å²) in [6, 6.07) is 27.0. The van der Waals surface area contributed by atoms with E-state index in [0.717, 1.165) is 37.6 Å². The molecule has 35 heavy (non-hydrogen) atoms. The van der Waals surface area contributed by atoms with E-state index in [9.17, 15) is 4.79 Å². The molecule has 0 fully saturated rings. The Hall–Kier alpha value is -3.87. The van der Waals surface area contributed by atoms with Crippen LogP contribution in [0.3, 0.4) is 0 Å². The van der Waals surface area contributed by atoms with Gasteiger partial charge in [-0.05, 0) is 72.3 Å². The lowest BCUT2D eigenvalue weighted by Gasteiger charge is -2.10. The van der Waals surface area contributed by atoms with Crippen LogP contribution in [-0.2, 0) is 6.54 Å². The van der Waals surface area contributed by atoms with Gasteiger partial charge in [0, 0.05) is 32.9 Å². The quantitative estimate of drug-likeness (QED) is 0.258. The summed E-state index contributed by atoms with van der Waals surface area (Å²) in [4.78, 5) is 19.1. The number of halogens is 1. The van der Waals surface area contributed by atoms with Crippen LogP contribution in [0, 0.1) is 0 Å². The Bertz CT molecular complexity index is 1500. The molecule has 7 heteroatoms. The van der Waals surface area contributed by atoms with E-state index in [1.807, 2.05) is 97.1 Å². The maximum absolute atomic E-state index is 12.9. The van der Waals surface area contributed by atoms with Gasteiger partial charge in [-0.3, -0.25) is 14.9 Å². The van der Waals surface area contributed by atoms with Crippen molar-refractivity contribution in [2.45, 2.75) is 16.3 Å². The van der Waals surface area contributed by atoms with Gasteiger partial charge in [0.15, 0.2) is 0 Å². The van der Waals surface area contributed by atoms with Crippen LogP contribution in [0.5, 0.6) is 0 Å². The van der Waals surface area contributed by atoms with Gasteiger partial charge in [0.25, 0.3) is 5.91 Å². The van der Waals surface area contributed by atoms with Crippen LogP contribution < -0.4 is 5.32 Å². The zero-order valence-corrected chi connectivity index (χ0v) is 20.2. The lowest BCUT2D eigenvalue weighted by Crippen LogP contribution is -2.23. The highest BCUT2D eigenvalue weighted by Gasteiger charge is 2.13. The molecule has 5 aromatic rings. The van der Waals surface area contributed by atoms with E-state index in [2.05, 4.69) is 20.5 Å². The number of fused-ring (bicyclic) bond motifs is 1. The lowest BCUT2D eigenvalue weighted by atomic mass is 10.2. The Labute approximate surface area is 212 Å². The molecule has 0 aliphatic heterocycles. The summed E-state index contributed by atoms with van der Waals surface area (Å²) in [5.41, 5.74) is 4.28. The summed E-state index contributed by atoms with van der Waals surface area (Å²) in [5.74, 6) is -0.118. The van der Waals surface area contributed by atoms with Crippen molar-refractivity contribution in [2.24, 2.45) is 0 Å². The monoisotopic (exact) mass is 496 g/mol. The number of hydrogen-bond acceptors (Lipinski definition) is 4. The normalized spacial score (nSPS) is 11.2. The molecule has 5 nitrogen and oxygen atoms in total. The third-order valence-corrected chi connectivity index (χ3v) is 6.71. The molecule has 0 radical (unpaired) electrons. The summed E-state index contributed by atoms with van der Waals surface area (Å²) in [6.45, 7) is 0.434. The fraction of sp³-hybridized carbons (Fsp3) is 0.0357. The molecule has 3 aromatic carbocycles. The Kier molecular flexibility index (Phi) is 6.93. The Morgan fingerprint density at radius 2 is 1.80 bits per heavy atom. The van der Waals surface area contributed by atoms with Gasteiger partial charge in [0.2, 0.25) is 0 Å². The first kappa shape index (κ1) is 22.9. The zero-order valence-electron chi connectivity index (χ0n) is 18.6. The summed E-state index contributed by atoms with van der Waals surface area (Å²) in [5, 5.41) is 12.2. The van der Waals surface area contributed by atoms with Gasteiger partial charge in [0.1, 0.15) is 0 Å². The molecule has 0 saturated carbocycles. The molecule has 0 saturated heterocycles. The number of benzene rings is 3. The molecule has 0 aliphatic carbocycles. The Balaban J connectivity index is 1.31. The topological polar surface area (TPSA) is 70.7 Å². The predicted octanol–water partition coefficient (Wildman–Crippen LogP) is 6.86. The maximum atomic E-state index is 12.9. The fourth-order valence-corrected chi connectivity index (χ4v) is 4.71. The van der Waals surface area contributed by atoms with Gasteiger partial charge in [0.05, 0.1) is 22.5 Å². The molecule has 0 bridgehead atoms. The van der Waals surface area contributed by atoms with Gasteiger partial charge in [-0.25, -0.2) is 0 Å². The molecule has 172 valence electrons. The molecule has 2 N–H and O–H groups in total. The number of nitrogens with zero attached hydrogens (tertiary/aromatic N) is 2. The number of carbonyl (C=O) groups excluding carboxylic acids is 1. The standard InChI is InChI=1S/C28H21ClN4OS/c29-20-10-8-19(9-11-20)18-31-28(34)24-6-1-2-7-27(24)35-22-13-14-23-25(32-33-26(23)17-22)15-12-21-5-3-4-16-30-21/h1-17H,18H2,(H,31,34)(H,32,33)/b15-12+. The highest BCUT2D eigenvalue weighted by Crippen LogP contribution is 2.33. The number of nitrogens with one attached hydrogen (secondary N) is 2. The number of carbonyl (C=O) groups is 1. The van der Waals surface area contributed by atoms with E-state index in [0.29, 0.717) is 17.1 Å². The SMILES string of the molecule is O=C(NCc1ccc(Cl)cc1)c1ccccc1Sc1ccc2c(/C=C/c3ccccn3)n[nH]c2c1. The minimum absolute atomic E-state index is 0.118. The minimum Gasteiger partial charge on any atom is -0.348 e. The maximum Gasteiger partial charge on any atom is 0.252 e. The summed E-state index contributed by atoms with van der Waals surface area (Å²) >= 11 is 7.49. The first-order valence-electron chi connectivity index (χ1n) is 11.0. The lowest BCUT2D eigenvalue weighted by molar-refractivity contribution is 0.0948. The predicted molar refractivity (Wildman–Crippen MR) is 142 cm³/mol. The number of pyridine rings is 1. The Morgan fingerprint density at radius 1 is 0.971 bits per heavy atom. The second kappa shape index (κ2) is 10.6. The van der Waals surface area contributed by atoms with Crippen molar-refractivity contribution in [2.75, 3.05) is 0 Å². The first-order valence-corrected chi connectivity index (χ1v) is 12.2. The van der Waals surface area contributed by atoms with Crippen molar-refractivity contribution in [3.05, 3.63) is 119 Å². The second-order valence-electron chi connectivity index (χ2n) is 7.81. The van der Waals surface area contributed by atoms with Crippen molar-refractivity contribution in [3.8, 4) is 0 Å². The molecular formula is C28H21ClN4OS. The number of hydrogen-bond donors (Lipinski definition) is 2. The molecule has 0 spiro atoms. The van der Waals surface area contributed by atoms with Gasteiger partial charge in [-0.2, -0.15) is 5.10 Å². The van der Waals surface area contributed by atoms with Crippen LogP contribution in [0.2, 0.25) is 5.02 Å². The molecule has 1 amide bonds. The van der Waals surface area contributed by atoms with Gasteiger partial charge in [-0.1, -0.05) is 53.7 Å². The van der Waals surface area contributed by atoms with E-state index in [1.54, 1.807) is 18.0 Å². The molecular weight excluding hydrogens is 476 g/mol. The second-order valence-corrected chi connectivity index (χ2v) is 9.36. The van der Waals surface area contributed by atoms with Crippen molar-refractivity contribution in [1.29, 1.82) is 0 Å². The highest BCUT2D eigenvalue weighted by atomic mass is 35.5. The number of amides is 1. The number of H-pyrrole nitrogens is 1. The number of aromatic nitrogens is 3. The Morgan fingerprint density at radius 3 is 2.63 bits per heavy atom. The van der Waals surface area contributed by atoms with Crippen molar-refractivity contribution < 1.29 is 4.79 Å². The largest absolute Gasteiger partial charge is 0.348 e. The van der Waals surface area contributed by atoms with Crippen LogP contribution in [0.1, 0.15) is 27.3 Å². The number of rotatable bonds is 7. The van der Waals surface area contributed by atoms with Gasteiger partial charge in [-0.15, -0.1) is 0 Å². The van der Waals surface area contributed by atoms with E-state index in [1.165, 1.54) is 0 Å². The summed E-state index contributed by atoms with van der Waals surface area (Å²) in [6.07, 6.45) is 5.66. The fourth-order valence-electron chi connectivity index (χ4n) is 3.60. The smallest absolute Gasteiger partial charge is 0.252 e. The van der Waals surface area contributed by atoms with Crippen molar-refractivity contribution in [3.63, 3.8) is 0 Å².